The summed E-state index contributed by atoms with van der Waals surface area (Å²) in [5, 5.41) is 6.94. The molecule has 1 saturated heterocycles. The van der Waals surface area contributed by atoms with Gasteiger partial charge in [0.15, 0.2) is 0 Å². The topological polar surface area (TPSA) is 76.4 Å². The maximum absolute atomic E-state index is 11.0. The summed E-state index contributed by atoms with van der Waals surface area (Å²) in [5.74, 6) is -0.520. The Hall–Kier alpha value is -1.30. The fraction of sp³-hybridized carbons (Fsp3) is 0.417. The van der Waals surface area contributed by atoms with E-state index in [0.29, 0.717) is 17.2 Å². The van der Waals surface area contributed by atoms with Gasteiger partial charge in [-0.15, -0.1) is 0 Å². The highest BCUT2D eigenvalue weighted by atomic mass is 35.5. The van der Waals surface area contributed by atoms with E-state index in [1.807, 2.05) is 0 Å². The van der Waals surface area contributed by atoms with Gasteiger partial charge in [0.05, 0.1) is 23.8 Å². The Labute approximate surface area is 111 Å². The number of morpholine rings is 1. The lowest BCUT2D eigenvalue weighted by atomic mass is 10.2. The zero-order valence-electron chi connectivity index (χ0n) is 9.91. The Bertz CT molecular complexity index is 433. The lowest BCUT2D eigenvalue weighted by Crippen LogP contribution is -2.45. The molecule has 6 heteroatoms. The molecule has 1 aliphatic rings. The molecule has 0 saturated carbocycles. The summed E-state index contributed by atoms with van der Waals surface area (Å²) in [5.41, 5.74) is 6.38. The van der Waals surface area contributed by atoms with E-state index in [0.717, 1.165) is 25.4 Å². The number of nitrogens with one attached hydrogen (secondary N) is 2. The number of benzene rings is 1. The zero-order chi connectivity index (χ0) is 13.0. The highest BCUT2D eigenvalue weighted by Crippen LogP contribution is 2.20. The number of ether oxygens (including phenoxy) is 1. The van der Waals surface area contributed by atoms with Gasteiger partial charge in [-0.25, -0.2) is 0 Å². The zero-order valence-corrected chi connectivity index (χ0v) is 10.7. The second-order valence-electron chi connectivity index (χ2n) is 4.17. The largest absolute Gasteiger partial charge is 0.383 e. The van der Waals surface area contributed by atoms with Gasteiger partial charge in [-0.3, -0.25) is 4.79 Å². The van der Waals surface area contributed by atoms with Crippen molar-refractivity contribution in [2.24, 2.45) is 5.73 Å². The molecule has 1 fully saturated rings. The van der Waals surface area contributed by atoms with E-state index in [-0.39, 0.29) is 6.04 Å². The van der Waals surface area contributed by atoms with Crippen molar-refractivity contribution >= 4 is 23.2 Å². The highest BCUT2D eigenvalue weighted by molar-refractivity contribution is 6.34. The Kier molecular flexibility index (Phi) is 4.41. The molecular formula is C12H16ClN3O2. The number of carbonyl (C=O) groups excluding carboxylic acids is 1. The van der Waals surface area contributed by atoms with Gasteiger partial charge in [0.25, 0.3) is 0 Å². The SMILES string of the molecule is NC(=O)c1ccc(NCC2COCCN2)cc1Cl. The average Bonchev–Trinajstić information content (AvgIpc) is 2.37. The molecule has 5 nitrogen and oxygen atoms in total. The molecule has 4 N–H and O–H groups in total. The third-order valence-corrected chi connectivity index (χ3v) is 3.10. The number of nitrogens with two attached hydrogens (primary N) is 1. The average molecular weight is 270 g/mol. The number of primary amides is 1. The van der Waals surface area contributed by atoms with Gasteiger partial charge in [0.1, 0.15) is 0 Å². The van der Waals surface area contributed by atoms with Crippen molar-refractivity contribution in [3.63, 3.8) is 0 Å². The monoisotopic (exact) mass is 269 g/mol. The molecule has 98 valence electrons. The minimum absolute atomic E-state index is 0.286. The van der Waals surface area contributed by atoms with Crippen molar-refractivity contribution < 1.29 is 9.53 Å². The normalized spacial score (nSPS) is 19.5. The van der Waals surface area contributed by atoms with Crippen LogP contribution in [0.15, 0.2) is 18.2 Å². The Morgan fingerprint density at radius 1 is 1.61 bits per heavy atom. The number of hydrogen-bond donors (Lipinski definition) is 3. The number of rotatable bonds is 4. The molecular weight excluding hydrogens is 254 g/mol. The molecule has 0 aromatic heterocycles. The van der Waals surface area contributed by atoms with E-state index < -0.39 is 5.91 Å². The summed E-state index contributed by atoms with van der Waals surface area (Å²) in [6.45, 7) is 3.07. The van der Waals surface area contributed by atoms with E-state index in [9.17, 15) is 4.79 Å². The van der Waals surface area contributed by atoms with Crippen molar-refractivity contribution in [1.29, 1.82) is 0 Å². The molecule has 1 unspecified atom stereocenters. The first-order valence-corrected chi connectivity index (χ1v) is 6.19. The van der Waals surface area contributed by atoms with Crippen LogP contribution in [0.5, 0.6) is 0 Å². The van der Waals surface area contributed by atoms with Crippen molar-refractivity contribution in [1.82, 2.24) is 5.32 Å². The van der Waals surface area contributed by atoms with E-state index in [1.54, 1.807) is 18.2 Å². The van der Waals surface area contributed by atoms with Gasteiger partial charge in [-0.1, -0.05) is 11.6 Å². The van der Waals surface area contributed by atoms with Crippen molar-refractivity contribution in [3.05, 3.63) is 28.8 Å². The van der Waals surface area contributed by atoms with Crippen LogP contribution in [-0.2, 0) is 4.74 Å². The lowest BCUT2D eigenvalue weighted by molar-refractivity contribution is 0.0806. The summed E-state index contributed by atoms with van der Waals surface area (Å²) in [4.78, 5) is 11.0. The first-order chi connectivity index (χ1) is 8.66. The van der Waals surface area contributed by atoms with Crippen LogP contribution in [0.1, 0.15) is 10.4 Å². The number of halogens is 1. The van der Waals surface area contributed by atoms with Crippen LogP contribution in [-0.4, -0.2) is 38.3 Å². The van der Waals surface area contributed by atoms with Crippen molar-refractivity contribution in [3.8, 4) is 0 Å². The summed E-state index contributed by atoms with van der Waals surface area (Å²) < 4.78 is 5.36. The van der Waals surface area contributed by atoms with Gasteiger partial charge < -0.3 is 21.1 Å². The second-order valence-corrected chi connectivity index (χ2v) is 4.57. The first-order valence-electron chi connectivity index (χ1n) is 5.81. The van der Waals surface area contributed by atoms with Gasteiger partial charge in [0, 0.05) is 24.8 Å². The summed E-state index contributed by atoms with van der Waals surface area (Å²) in [6.07, 6.45) is 0. The number of amides is 1. The molecule has 1 aromatic carbocycles. The molecule has 0 radical (unpaired) electrons. The quantitative estimate of drug-likeness (QED) is 0.757. The highest BCUT2D eigenvalue weighted by Gasteiger charge is 2.13. The van der Waals surface area contributed by atoms with E-state index >= 15 is 0 Å². The minimum Gasteiger partial charge on any atom is -0.383 e. The smallest absolute Gasteiger partial charge is 0.250 e. The third-order valence-electron chi connectivity index (χ3n) is 2.79. The first kappa shape index (κ1) is 13.1. The predicted molar refractivity (Wildman–Crippen MR) is 71.1 cm³/mol. The molecule has 1 aromatic rings. The summed E-state index contributed by atoms with van der Waals surface area (Å²) in [7, 11) is 0. The number of carbonyl (C=O) groups is 1. The van der Waals surface area contributed by atoms with Gasteiger partial charge in [0.2, 0.25) is 5.91 Å². The van der Waals surface area contributed by atoms with Gasteiger partial charge in [-0.05, 0) is 18.2 Å². The molecule has 0 aliphatic carbocycles. The van der Waals surface area contributed by atoms with E-state index in [1.165, 1.54) is 0 Å². The standard InChI is InChI=1S/C12H16ClN3O2/c13-11-5-8(1-2-10(11)12(14)17)16-6-9-7-18-4-3-15-9/h1-2,5,9,15-16H,3-4,6-7H2,(H2,14,17). The predicted octanol–water partition coefficient (Wildman–Crippen LogP) is 0.839. The minimum atomic E-state index is -0.520. The van der Waals surface area contributed by atoms with Gasteiger partial charge in [-0.2, -0.15) is 0 Å². The molecule has 2 rings (SSSR count). The fourth-order valence-electron chi connectivity index (χ4n) is 1.82. The number of hydrogen-bond acceptors (Lipinski definition) is 4. The van der Waals surface area contributed by atoms with Crippen LogP contribution in [0.2, 0.25) is 5.02 Å². The molecule has 1 aliphatic heterocycles. The Morgan fingerprint density at radius 2 is 2.44 bits per heavy atom. The third kappa shape index (κ3) is 3.35. The van der Waals surface area contributed by atoms with Crippen LogP contribution in [0.4, 0.5) is 5.69 Å². The maximum atomic E-state index is 11.0. The second kappa shape index (κ2) is 6.04. The molecule has 0 bridgehead atoms. The lowest BCUT2D eigenvalue weighted by Gasteiger charge is -2.24. The van der Waals surface area contributed by atoms with Gasteiger partial charge >= 0.3 is 0 Å². The molecule has 1 amide bonds. The molecule has 1 heterocycles. The molecule has 18 heavy (non-hydrogen) atoms. The van der Waals surface area contributed by atoms with Crippen LogP contribution in [0.3, 0.4) is 0 Å². The van der Waals surface area contributed by atoms with Crippen LogP contribution in [0, 0.1) is 0 Å². The maximum Gasteiger partial charge on any atom is 0.250 e. The Balaban J connectivity index is 1.93. The Morgan fingerprint density at radius 3 is 3.06 bits per heavy atom. The summed E-state index contributed by atoms with van der Waals surface area (Å²) in [6, 6.07) is 5.40. The van der Waals surface area contributed by atoms with E-state index in [4.69, 9.17) is 22.1 Å². The van der Waals surface area contributed by atoms with E-state index in [2.05, 4.69) is 10.6 Å². The van der Waals surface area contributed by atoms with Crippen LogP contribution < -0.4 is 16.4 Å². The fourth-order valence-corrected chi connectivity index (χ4v) is 2.09. The van der Waals surface area contributed by atoms with Crippen molar-refractivity contribution in [2.75, 3.05) is 31.6 Å². The molecule has 0 spiro atoms. The molecule has 1 atom stereocenters. The van der Waals surface area contributed by atoms with Crippen molar-refractivity contribution in [2.45, 2.75) is 6.04 Å². The van der Waals surface area contributed by atoms with Crippen LogP contribution >= 0.6 is 11.6 Å². The number of anilines is 1. The van der Waals surface area contributed by atoms with Crippen LogP contribution in [0.25, 0.3) is 0 Å². The summed E-state index contributed by atoms with van der Waals surface area (Å²) >= 11 is 5.96.